The Hall–Kier alpha value is -3.06. The number of nitrogens with one attached hydrogen (secondary N) is 1. The summed E-state index contributed by atoms with van der Waals surface area (Å²) in [7, 11) is 2.93. The summed E-state index contributed by atoms with van der Waals surface area (Å²) in [4.78, 5) is 17.0. The van der Waals surface area contributed by atoms with Gasteiger partial charge in [0.15, 0.2) is 0 Å². The van der Waals surface area contributed by atoms with Gasteiger partial charge in [-0.2, -0.15) is 5.26 Å². The first kappa shape index (κ1) is 22.6. The maximum atomic E-state index is 12.4. The molecule has 8 nitrogen and oxygen atoms in total. The summed E-state index contributed by atoms with van der Waals surface area (Å²) < 4.78 is 21.6. The van der Waals surface area contributed by atoms with Gasteiger partial charge in [0.2, 0.25) is 5.91 Å². The molecule has 0 radical (unpaired) electrons. The number of hydrogen-bond acceptors (Lipinski definition) is 8. The number of amides is 1. The van der Waals surface area contributed by atoms with E-state index in [0.29, 0.717) is 40.7 Å². The highest BCUT2D eigenvalue weighted by Gasteiger charge is 2.26. The van der Waals surface area contributed by atoms with Gasteiger partial charge in [-0.25, -0.2) is 4.98 Å². The van der Waals surface area contributed by atoms with E-state index in [-0.39, 0.29) is 29.6 Å². The van der Waals surface area contributed by atoms with Crippen LogP contribution >= 0.6 is 11.8 Å². The van der Waals surface area contributed by atoms with E-state index in [2.05, 4.69) is 29.5 Å². The van der Waals surface area contributed by atoms with Gasteiger partial charge < -0.3 is 24.3 Å². The number of hydrogen-bond donors (Lipinski definition) is 1. The number of aromatic nitrogens is 1. The normalized spacial score (nSPS) is 19.5. The average Bonchev–Trinajstić information content (AvgIpc) is 2.78. The molecule has 2 atom stereocenters. The van der Waals surface area contributed by atoms with Crippen molar-refractivity contribution < 1.29 is 23.7 Å². The van der Waals surface area contributed by atoms with Crippen molar-refractivity contribution in [3.63, 3.8) is 0 Å². The molecule has 1 aromatic rings. The fourth-order valence-corrected chi connectivity index (χ4v) is 3.80. The van der Waals surface area contributed by atoms with Gasteiger partial charge in [-0.1, -0.05) is 24.9 Å². The fourth-order valence-electron chi connectivity index (χ4n) is 3.03. The Morgan fingerprint density at radius 3 is 2.68 bits per heavy atom. The third-order valence-electron chi connectivity index (χ3n) is 4.56. The monoisotopic (exact) mass is 441 g/mol. The van der Waals surface area contributed by atoms with Gasteiger partial charge in [0.1, 0.15) is 34.8 Å². The molecular weight excluding hydrogens is 418 g/mol. The van der Waals surface area contributed by atoms with E-state index < -0.39 is 0 Å². The zero-order valence-corrected chi connectivity index (χ0v) is 18.2. The molecule has 2 aliphatic rings. The molecule has 1 aliphatic carbocycles. The molecule has 31 heavy (non-hydrogen) atoms. The van der Waals surface area contributed by atoms with Crippen molar-refractivity contribution in [1.82, 2.24) is 10.3 Å². The van der Waals surface area contributed by atoms with Crippen LogP contribution in [0.3, 0.4) is 0 Å². The Bertz CT molecular complexity index is 1090. The van der Waals surface area contributed by atoms with Crippen molar-refractivity contribution in [3.8, 4) is 6.07 Å². The molecule has 2 heterocycles. The van der Waals surface area contributed by atoms with E-state index in [1.54, 1.807) is 6.07 Å². The molecule has 162 valence electrons. The molecule has 1 aromatic heterocycles. The molecule has 0 spiro atoms. The van der Waals surface area contributed by atoms with E-state index in [4.69, 9.17) is 18.9 Å². The SMILES string of the molecule is C=C(/C=C(/OC)C(=C)NC(=O)CSc1nc2c(cc1C#N)=CC1OCCOC1C=2)OC. The van der Waals surface area contributed by atoms with Crippen molar-refractivity contribution in [1.29, 1.82) is 5.26 Å². The molecule has 9 heteroatoms. The summed E-state index contributed by atoms with van der Waals surface area (Å²) in [5.41, 5.74) is 0.665. The van der Waals surface area contributed by atoms with Crippen LogP contribution in [0.5, 0.6) is 0 Å². The maximum Gasteiger partial charge on any atom is 0.234 e. The second kappa shape index (κ2) is 10.3. The zero-order valence-electron chi connectivity index (χ0n) is 17.3. The second-order valence-corrected chi connectivity index (χ2v) is 7.59. The lowest BCUT2D eigenvalue weighted by atomic mass is 10.0. The lowest BCUT2D eigenvalue weighted by Crippen LogP contribution is -2.45. The molecule has 1 N–H and O–H groups in total. The summed E-state index contributed by atoms with van der Waals surface area (Å²) in [6.45, 7) is 8.55. The summed E-state index contributed by atoms with van der Waals surface area (Å²) >= 11 is 1.17. The van der Waals surface area contributed by atoms with E-state index >= 15 is 0 Å². The van der Waals surface area contributed by atoms with Gasteiger partial charge >= 0.3 is 0 Å². The predicted octanol–water partition coefficient (Wildman–Crippen LogP) is 0.724. The van der Waals surface area contributed by atoms with Crippen molar-refractivity contribution >= 4 is 29.8 Å². The number of methoxy groups -OCH3 is 2. The minimum absolute atomic E-state index is 0.0388. The van der Waals surface area contributed by atoms with E-state index in [9.17, 15) is 10.1 Å². The van der Waals surface area contributed by atoms with E-state index in [0.717, 1.165) is 5.22 Å². The number of rotatable bonds is 8. The number of carbonyl (C=O) groups is 1. The highest BCUT2D eigenvalue weighted by Crippen LogP contribution is 2.19. The van der Waals surface area contributed by atoms with Crippen LogP contribution in [0.15, 0.2) is 47.5 Å². The van der Waals surface area contributed by atoms with Crippen LogP contribution in [0, 0.1) is 11.3 Å². The van der Waals surface area contributed by atoms with Gasteiger partial charge in [-0.3, -0.25) is 4.79 Å². The second-order valence-electron chi connectivity index (χ2n) is 6.63. The number of carbonyl (C=O) groups excluding carboxylic acids is 1. The number of pyridine rings is 1. The molecule has 1 fully saturated rings. The molecule has 3 rings (SSSR count). The topological polar surface area (TPSA) is 103 Å². The van der Waals surface area contributed by atoms with Crippen LogP contribution in [0.1, 0.15) is 5.56 Å². The van der Waals surface area contributed by atoms with Crippen molar-refractivity contribution in [2.24, 2.45) is 0 Å². The van der Waals surface area contributed by atoms with Gasteiger partial charge in [0.25, 0.3) is 0 Å². The van der Waals surface area contributed by atoms with Gasteiger partial charge in [-0.15, -0.1) is 0 Å². The minimum atomic E-state index is -0.316. The first-order valence-electron chi connectivity index (χ1n) is 9.43. The number of ether oxygens (including phenoxy) is 4. The van der Waals surface area contributed by atoms with Gasteiger partial charge in [-0.05, 0) is 18.2 Å². The summed E-state index contributed by atoms with van der Waals surface area (Å²) in [5.74, 6) is 0.409. The zero-order chi connectivity index (χ0) is 22.4. The van der Waals surface area contributed by atoms with Crippen LogP contribution in [0.25, 0.3) is 12.2 Å². The largest absolute Gasteiger partial charge is 0.497 e. The quantitative estimate of drug-likeness (QED) is 0.358. The first-order chi connectivity index (χ1) is 14.9. The van der Waals surface area contributed by atoms with Crippen LogP contribution < -0.4 is 15.9 Å². The van der Waals surface area contributed by atoms with Crippen molar-refractivity contribution in [2.75, 3.05) is 33.2 Å². The standard InChI is InChI=1S/C22H23N3O5S/c1-13(27-3)7-18(28-4)14(2)24-21(26)12-31-22-16(11-23)8-15-9-19-20(10-17(15)25-22)30-6-5-29-19/h7-10,19-20H,1-2,5-6,12H2,3-4H3,(H,24,26)/b18-7+. The highest BCUT2D eigenvalue weighted by atomic mass is 32.2. The Kier molecular flexibility index (Phi) is 7.52. The number of fused-ring (bicyclic) bond motifs is 2. The summed E-state index contributed by atoms with van der Waals surface area (Å²) in [6, 6.07) is 3.90. The lowest BCUT2D eigenvalue weighted by molar-refractivity contribution is -0.117. The maximum absolute atomic E-state index is 12.4. The molecule has 1 amide bonds. The Morgan fingerprint density at radius 1 is 1.32 bits per heavy atom. The van der Waals surface area contributed by atoms with Crippen molar-refractivity contribution in [2.45, 2.75) is 17.2 Å². The molecule has 1 aliphatic heterocycles. The molecule has 0 aromatic carbocycles. The highest BCUT2D eigenvalue weighted by molar-refractivity contribution is 8.00. The molecule has 0 bridgehead atoms. The fraction of sp³-hybridized carbons (Fsp3) is 0.318. The Balaban J connectivity index is 1.71. The van der Waals surface area contributed by atoms with Crippen LogP contribution in [-0.4, -0.2) is 56.3 Å². The van der Waals surface area contributed by atoms with Crippen LogP contribution in [-0.2, 0) is 23.7 Å². The first-order valence-corrected chi connectivity index (χ1v) is 10.4. The molecule has 1 saturated heterocycles. The van der Waals surface area contributed by atoms with Gasteiger partial charge in [0.05, 0.1) is 49.8 Å². The van der Waals surface area contributed by atoms with Crippen LogP contribution in [0.4, 0.5) is 0 Å². The lowest BCUT2D eigenvalue weighted by Gasteiger charge is -2.29. The number of thioether (sulfide) groups is 1. The number of nitriles is 1. The smallest absolute Gasteiger partial charge is 0.234 e. The number of allylic oxidation sites excluding steroid dienone is 1. The minimum Gasteiger partial charge on any atom is -0.497 e. The summed E-state index contributed by atoms with van der Waals surface area (Å²) in [5, 5.41) is 14.2. The predicted molar refractivity (Wildman–Crippen MR) is 116 cm³/mol. The third kappa shape index (κ3) is 5.55. The van der Waals surface area contributed by atoms with Crippen LogP contribution in [0.2, 0.25) is 0 Å². The number of nitrogens with zero attached hydrogens (tertiary/aromatic N) is 2. The van der Waals surface area contributed by atoms with Crippen molar-refractivity contribution in [3.05, 3.63) is 58.6 Å². The molecular formula is C22H23N3O5S. The summed E-state index contributed by atoms with van der Waals surface area (Å²) in [6.07, 6.45) is 4.95. The molecule has 2 unspecified atom stereocenters. The average molecular weight is 442 g/mol. The Morgan fingerprint density at radius 2 is 2.03 bits per heavy atom. The van der Waals surface area contributed by atoms with E-state index in [1.165, 1.54) is 32.1 Å². The third-order valence-corrected chi connectivity index (χ3v) is 5.56. The van der Waals surface area contributed by atoms with Gasteiger partial charge in [0, 0.05) is 11.3 Å². The Labute approximate surface area is 184 Å². The molecule has 0 saturated carbocycles. The van der Waals surface area contributed by atoms with E-state index in [1.807, 2.05) is 12.2 Å².